The first-order valence-corrected chi connectivity index (χ1v) is 4.59. The van der Waals surface area contributed by atoms with E-state index in [9.17, 15) is 0 Å². The number of carbonyl (C=O) groups is 1. The lowest BCUT2D eigenvalue weighted by Gasteiger charge is -1.96. The second kappa shape index (κ2) is 24.7. The van der Waals surface area contributed by atoms with Crippen molar-refractivity contribution in [2.75, 3.05) is 26.4 Å². The zero-order valence-electron chi connectivity index (χ0n) is 10.2. The molecule has 11 N–H and O–H groups in total. The molecule has 0 rings (SSSR count). The van der Waals surface area contributed by atoms with Crippen LogP contribution >= 0.6 is 0 Å². The Balaban J connectivity index is -0.0000000742. The maximum atomic E-state index is 9.00. The van der Waals surface area contributed by atoms with Gasteiger partial charge in [-0.2, -0.15) is 0 Å². The van der Waals surface area contributed by atoms with Crippen LogP contribution in [0.15, 0.2) is 0 Å². The van der Waals surface area contributed by atoms with Crippen molar-refractivity contribution >= 4 is 11.9 Å². The van der Waals surface area contributed by atoms with Crippen molar-refractivity contribution in [2.45, 2.75) is 13.0 Å². The van der Waals surface area contributed by atoms with Gasteiger partial charge in [-0.1, -0.05) is 0 Å². The number of hydrogen-bond donors (Lipinski definition) is 9. The molecule has 18 heavy (non-hydrogen) atoms. The van der Waals surface area contributed by atoms with Crippen LogP contribution < -0.4 is 11.5 Å². The lowest BCUT2D eigenvalue weighted by molar-refractivity contribution is -0.134. The maximum absolute atomic E-state index is 9.00. The van der Waals surface area contributed by atoms with Gasteiger partial charge in [0, 0.05) is 6.92 Å². The minimum atomic E-state index is -0.954. The van der Waals surface area contributed by atoms with Gasteiger partial charge < -0.3 is 42.1 Å². The lowest BCUT2D eigenvalue weighted by Crippen LogP contribution is -2.20. The van der Waals surface area contributed by atoms with Gasteiger partial charge in [-0.3, -0.25) is 10.2 Å². The van der Waals surface area contributed by atoms with Crippen molar-refractivity contribution in [3.05, 3.63) is 0 Å². The fourth-order valence-electron chi connectivity index (χ4n) is 0.0577. The molecule has 0 bridgehead atoms. The van der Waals surface area contributed by atoms with Crippen LogP contribution in [0.1, 0.15) is 6.92 Å². The Morgan fingerprint density at radius 1 is 1.11 bits per heavy atom. The van der Waals surface area contributed by atoms with Crippen LogP contribution in [-0.4, -0.2) is 75.1 Å². The molecule has 0 aromatic heterocycles. The van der Waals surface area contributed by atoms with Crippen molar-refractivity contribution in [3.63, 3.8) is 0 Å². The minimum absolute atomic E-state index is 0.125. The molecule has 0 aromatic rings. The summed E-state index contributed by atoms with van der Waals surface area (Å²) in [6, 6.07) is 0. The summed E-state index contributed by atoms with van der Waals surface area (Å²) in [5.74, 6) is -1.17. The van der Waals surface area contributed by atoms with Gasteiger partial charge in [0.15, 0.2) is 5.96 Å². The first-order chi connectivity index (χ1) is 8.19. The number of aliphatic hydroxyl groups is 5. The SMILES string of the molecule is CC(=O)O.N=C(N)N.OCC(O)CO.OCCO. The molecular weight excluding hydrogens is 250 g/mol. The van der Waals surface area contributed by atoms with E-state index in [1.807, 2.05) is 0 Å². The number of guanidine groups is 1. The van der Waals surface area contributed by atoms with Gasteiger partial charge in [0.1, 0.15) is 6.10 Å². The van der Waals surface area contributed by atoms with E-state index < -0.39 is 12.1 Å². The molecule has 0 saturated carbocycles. The Labute approximate surface area is 105 Å². The van der Waals surface area contributed by atoms with E-state index in [-0.39, 0.29) is 32.4 Å². The normalized spacial score (nSPS) is 7.72. The molecule has 0 saturated heterocycles. The van der Waals surface area contributed by atoms with Crippen LogP contribution in [0.3, 0.4) is 0 Å². The van der Waals surface area contributed by atoms with Crippen molar-refractivity contribution in [1.29, 1.82) is 5.41 Å². The van der Waals surface area contributed by atoms with Gasteiger partial charge in [0.05, 0.1) is 26.4 Å². The summed E-state index contributed by atoms with van der Waals surface area (Å²) in [6.45, 7) is 0.104. The molecule has 0 unspecified atom stereocenters. The van der Waals surface area contributed by atoms with Gasteiger partial charge in [-0.25, -0.2) is 0 Å². The lowest BCUT2D eigenvalue weighted by atomic mass is 10.4. The fourth-order valence-corrected chi connectivity index (χ4v) is 0.0577. The molecule has 0 spiro atoms. The Bertz CT molecular complexity index is 154. The standard InChI is InChI=1S/C3H8O3.C2H4O2.C2H6O2.CH5N3/c4-1-3(6)2-5;1-2(3)4;3-1-2-4;2-1(3)4/h3-6H,1-2H2;1H3,(H,3,4);3-4H,1-2H2;(H5,2,3,4). The number of carboxylic acid groups (broad SMARTS) is 1. The molecule has 0 aliphatic carbocycles. The predicted octanol–water partition coefficient (Wildman–Crippen LogP) is -3.77. The molecule has 112 valence electrons. The molecule has 0 fully saturated rings. The van der Waals surface area contributed by atoms with Gasteiger partial charge in [0.25, 0.3) is 5.97 Å². The summed E-state index contributed by atoms with van der Waals surface area (Å²) in [5, 5.41) is 52.7. The second-order valence-corrected chi connectivity index (χ2v) is 2.44. The van der Waals surface area contributed by atoms with E-state index in [0.717, 1.165) is 6.92 Å². The summed E-state index contributed by atoms with van der Waals surface area (Å²) < 4.78 is 0. The van der Waals surface area contributed by atoms with Crippen LogP contribution in [0, 0.1) is 5.41 Å². The molecule has 0 radical (unpaired) electrons. The Morgan fingerprint density at radius 2 is 1.28 bits per heavy atom. The van der Waals surface area contributed by atoms with Crippen molar-refractivity contribution in [1.82, 2.24) is 0 Å². The van der Waals surface area contributed by atoms with Gasteiger partial charge in [-0.15, -0.1) is 0 Å². The monoisotopic (exact) mass is 273 g/mol. The maximum Gasteiger partial charge on any atom is 0.300 e. The summed E-state index contributed by atoms with van der Waals surface area (Å²) in [6.07, 6.45) is -0.954. The Kier molecular flexibility index (Phi) is 34.8. The van der Waals surface area contributed by atoms with Crippen LogP contribution in [0.2, 0.25) is 0 Å². The highest BCUT2D eigenvalue weighted by Crippen LogP contribution is 1.71. The average Bonchev–Trinajstić information content (AvgIpc) is 2.26. The number of nitrogens with one attached hydrogen (secondary N) is 1. The number of carboxylic acids is 1. The predicted molar refractivity (Wildman–Crippen MR) is 63.8 cm³/mol. The zero-order valence-corrected chi connectivity index (χ0v) is 10.2. The van der Waals surface area contributed by atoms with Crippen LogP contribution in [0.25, 0.3) is 0 Å². The van der Waals surface area contributed by atoms with Crippen LogP contribution in [0.4, 0.5) is 0 Å². The van der Waals surface area contributed by atoms with Gasteiger partial charge >= 0.3 is 0 Å². The highest BCUT2D eigenvalue weighted by Gasteiger charge is 1.93. The van der Waals surface area contributed by atoms with E-state index >= 15 is 0 Å². The van der Waals surface area contributed by atoms with Crippen molar-refractivity contribution in [2.24, 2.45) is 11.5 Å². The highest BCUT2D eigenvalue weighted by atomic mass is 16.4. The third-order valence-electron chi connectivity index (χ3n) is 0.521. The molecule has 0 amide bonds. The van der Waals surface area contributed by atoms with E-state index in [4.69, 9.17) is 40.8 Å². The number of nitrogens with two attached hydrogens (primary N) is 2. The summed E-state index contributed by atoms with van der Waals surface area (Å²) in [5.41, 5.74) is 8.94. The number of rotatable bonds is 3. The van der Waals surface area contributed by atoms with Gasteiger partial charge in [-0.05, 0) is 0 Å². The number of aliphatic carboxylic acids is 1. The zero-order chi connectivity index (χ0) is 15.6. The van der Waals surface area contributed by atoms with E-state index in [1.54, 1.807) is 0 Å². The summed E-state index contributed by atoms with van der Waals surface area (Å²) in [4.78, 5) is 9.00. The fraction of sp³-hybridized carbons (Fsp3) is 0.750. The Morgan fingerprint density at radius 3 is 1.28 bits per heavy atom. The average molecular weight is 273 g/mol. The van der Waals surface area contributed by atoms with E-state index in [2.05, 4.69) is 11.5 Å². The first-order valence-electron chi connectivity index (χ1n) is 4.59. The molecule has 0 aliphatic heterocycles. The molecule has 0 aromatic carbocycles. The number of hydrogen-bond acceptors (Lipinski definition) is 7. The molecule has 0 aliphatic rings. The third-order valence-corrected chi connectivity index (χ3v) is 0.521. The molecule has 10 heteroatoms. The number of aliphatic hydroxyl groups excluding tert-OH is 5. The quantitative estimate of drug-likeness (QED) is 0.182. The van der Waals surface area contributed by atoms with E-state index in [1.165, 1.54) is 0 Å². The minimum Gasteiger partial charge on any atom is -0.481 e. The Hall–Kier alpha value is -1.46. The third kappa shape index (κ3) is 213. The van der Waals surface area contributed by atoms with Crippen LogP contribution in [0.5, 0.6) is 0 Å². The summed E-state index contributed by atoms with van der Waals surface area (Å²) in [7, 11) is 0. The molecular formula is C8H23N3O7. The second-order valence-electron chi connectivity index (χ2n) is 2.44. The topological polar surface area (TPSA) is 214 Å². The molecule has 0 heterocycles. The smallest absolute Gasteiger partial charge is 0.300 e. The largest absolute Gasteiger partial charge is 0.481 e. The summed E-state index contributed by atoms with van der Waals surface area (Å²) >= 11 is 0. The van der Waals surface area contributed by atoms with Crippen LogP contribution in [-0.2, 0) is 4.79 Å². The van der Waals surface area contributed by atoms with E-state index in [0.29, 0.717) is 0 Å². The van der Waals surface area contributed by atoms with Crippen molar-refractivity contribution in [3.8, 4) is 0 Å². The first kappa shape index (κ1) is 25.4. The van der Waals surface area contributed by atoms with Gasteiger partial charge in [0.2, 0.25) is 0 Å². The molecule has 10 nitrogen and oxygen atoms in total. The highest BCUT2D eigenvalue weighted by molar-refractivity contribution is 5.71. The molecule has 0 atom stereocenters. The van der Waals surface area contributed by atoms with Crippen molar-refractivity contribution < 1.29 is 35.4 Å².